The van der Waals surface area contributed by atoms with E-state index in [1.54, 1.807) is 0 Å². The Labute approximate surface area is 155 Å². The monoisotopic (exact) mass is 391 g/mol. The quantitative estimate of drug-likeness (QED) is 0.540. The second-order valence-corrected chi connectivity index (χ2v) is 6.51. The number of thioether (sulfide) groups is 1. The number of aromatic nitrogens is 2. The molecule has 1 fully saturated rings. The number of nitro benzene ring substituents is 1. The highest BCUT2D eigenvalue weighted by atomic mass is 32.2. The maximum atomic E-state index is 12.4. The first-order chi connectivity index (χ1) is 12.9. The predicted molar refractivity (Wildman–Crippen MR) is 95.2 cm³/mol. The molecule has 11 nitrogen and oxygen atoms in total. The van der Waals surface area contributed by atoms with Gasteiger partial charge in [-0.2, -0.15) is 0 Å². The van der Waals surface area contributed by atoms with Gasteiger partial charge in [0.1, 0.15) is 6.54 Å². The van der Waals surface area contributed by atoms with Crippen molar-refractivity contribution in [3.05, 3.63) is 45.0 Å². The fourth-order valence-corrected chi connectivity index (χ4v) is 3.24. The molecule has 0 saturated carbocycles. The number of nitrogens with one attached hydrogen (secondary N) is 1. The number of benzene rings is 1. The fourth-order valence-electron chi connectivity index (χ4n) is 2.49. The lowest BCUT2D eigenvalue weighted by atomic mass is 10.2. The van der Waals surface area contributed by atoms with E-state index in [4.69, 9.17) is 0 Å². The van der Waals surface area contributed by atoms with Gasteiger partial charge in [-0.15, -0.1) is 0 Å². The molecular weight excluding hydrogens is 378 g/mol. The number of imide groups is 1. The molecule has 2 heterocycles. The minimum atomic E-state index is -0.589. The Hall–Kier alpha value is -3.28. The van der Waals surface area contributed by atoms with E-state index in [0.717, 1.165) is 27.6 Å². The number of nitrogens with zero attached hydrogens (tertiary/aromatic N) is 4. The second-order valence-electron chi connectivity index (χ2n) is 5.59. The highest BCUT2D eigenvalue weighted by Gasteiger charge is 2.29. The summed E-state index contributed by atoms with van der Waals surface area (Å²) in [5.41, 5.74) is -0.533. The average Bonchev–Trinajstić information content (AvgIpc) is 2.95. The van der Waals surface area contributed by atoms with E-state index in [1.165, 1.54) is 18.2 Å². The maximum absolute atomic E-state index is 12.4. The van der Waals surface area contributed by atoms with Gasteiger partial charge < -0.3 is 5.32 Å². The van der Waals surface area contributed by atoms with Gasteiger partial charge in [0.15, 0.2) is 0 Å². The average molecular weight is 391 g/mol. The number of rotatable bonds is 6. The summed E-state index contributed by atoms with van der Waals surface area (Å²) in [6.07, 6.45) is 1.14. The molecule has 1 aromatic carbocycles. The molecule has 0 unspecified atom stereocenters. The third-order valence-corrected chi connectivity index (χ3v) is 4.69. The summed E-state index contributed by atoms with van der Waals surface area (Å²) in [6, 6.07) is 3.67. The molecule has 3 amide bonds. The van der Waals surface area contributed by atoms with Crippen LogP contribution in [0.2, 0.25) is 0 Å². The molecular formula is C15H13N5O6S. The first-order valence-electron chi connectivity index (χ1n) is 7.74. The van der Waals surface area contributed by atoms with Crippen LogP contribution in [0.1, 0.15) is 0 Å². The van der Waals surface area contributed by atoms with Crippen molar-refractivity contribution in [3.8, 4) is 0 Å². The van der Waals surface area contributed by atoms with Gasteiger partial charge in [-0.1, -0.05) is 11.8 Å². The van der Waals surface area contributed by atoms with Gasteiger partial charge in [0.25, 0.3) is 16.5 Å². The largest absolute Gasteiger partial charge is 0.353 e. The van der Waals surface area contributed by atoms with E-state index in [9.17, 15) is 29.3 Å². The van der Waals surface area contributed by atoms with Gasteiger partial charge in [-0.05, 0) is 6.07 Å². The zero-order chi connectivity index (χ0) is 19.6. The molecule has 1 saturated heterocycles. The Morgan fingerprint density at radius 3 is 2.78 bits per heavy atom. The third-order valence-electron chi connectivity index (χ3n) is 3.83. The molecule has 2 aromatic rings. The van der Waals surface area contributed by atoms with Gasteiger partial charge in [0, 0.05) is 25.2 Å². The van der Waals surface area contributed by atoms with Crippen LogP contribution in [0, 0.1) is 10.1 Å². The summed E-state index contributed by atoms with van der Waals surface area (Å²) in [5.74, 6) is -0.696. The van der Waals surface area contributed by atoms with Crippen LogP contribution in [0.25, 0.3) is 10.9 Å². The highest BCUT2D eigenvalue weighted by Crippen LogP contribution is 2.18. The van der Waals surface area contributed by atoms with Crippen LogP contribution in [0.3, 0.4) is 0 Å². The van der Waals surface area contributed by atoms with Crippen LogP contribution >= 0.6 is 11.8 Å². The van der Waals surface area contributed by atoms with Crippen LogP contribution in [0.15, 0.2) is 29.3 Å². The van der Waals surface area contributed by atoms with Crippen molar-refractivity contribution >= 4 is 45.4 Å². The highest BCUT2D eigenvalue weighted by molar-refractivity contribution is 8.14. The van der Waals surface area contributed by atoms with Crippen molar-refractivity contribution in [1.82, 2.24) is 19.8 Å². The normalized spacial score (nSPS) is 14.0. The van der Waals surface area contributed by atoms with Crippen molar-refractivity contribution in [2.75, 3.05) is 18.8 Å². The van der Waals surface area contributed by atoms with Crippen molar-refractivity contribution < 1.29 is 19.3 Å². The zero-order valence-corrected chi connectivity index (χ0v) is 14.6. The Balaban J connectivity index is 1.64. The van der Waals surface area contributed by atoms with E-state index in [2.05, 4.69) is 10.3 Å². The molecule has 0 radical (unpaired) electrons. The van der Waals surface area contributed by atoms with Gasteiger partial charge in [0.05, 0.1) is 27.9 Å². The van der Waals surface area contributed by atoms with Gasteiger partial charge in [-0.3, -0.25) is 38.8 Å². The van der Waals surface area contributed by atoms with E-state index in [-0.39, 0.29) is 53.1 Å². The van der Waals surface area contributed by atoms with Gasteiger partial charge in [0.2, 0.25) is 11.8 Å². The first-order valence-corrected chi connectivity index (χ1v) is 8.73. The summed E-state index contributed by atoms with van der Waals surface area (Å²) >= 11 is 0.910. The number of hydrogen-bond donors (Lipinski definition) is 1. The lowest BCUT2D eigenvalue weighted by Gasteiger charge is -2.13. The summed E-state index contributed by atoms with van der Waals surface area (Å²) < 4.78 is 1.07. The Kier molecular flexibility index (Phi) is 5.16. The molecule has 0 bridgehead atoms. The lowest BCUT2D eigenvalue weighted by molar-refractivity contribution is -0.384. The van der Waals surface area contributed by atoms with E-state index in [1.807, 2.05) is 0 Å². The molecule has 140 valence electrons. The van der Waals surface area contributed by atoms with Crippen molar-refractivity contribution in [2.45, 2.75) is 6.54 Å². The number of hydrogen-bond acceptors (Lipinski definition) is 8. The molecule has 0 aliphatic carbocycles. The van der Waals surface area contributed by atoms with Crippen molar-refractivity contribution in [2.24, 2.45) is 0 Å². The number of non-ortho nitro benzene ring substituents is 1. The van der Waals surface area contributed by atoms with Crippen LogP contribution in [-0.2, 0) is 16.1 Å². The maximum Gasteiger partial charge on any atom is 0.288 e. The first kappa shape index (κ1) is 18.5. The van der Waals surface area contributed by atoms with E-state index >= 15 is 0 Å². The summed E-state index contributed by atoms with van der Waals surface area (Å²) in [5, 5.41) is 13.1. The van der Waals surface area contributed by atoms with Gasteiger partial charge >= 0.3 is 0 Å². The molecule has 1 aromatic heterocycles. The number of nitro groups is 1. The fraction of sp³-hybridized carbons (Fsp3) is 0.267. The summed E-state index contributed by atoms with van der Waals surface area (Å²) in [4.78, 5) is 62.5. The molecule has 3 rings (SSSR count). The van der Waals surface area contributed by atoms with Crippen molar-refractivity contribution in [3.63, 3.8) is 0 Å². The second kappa shape index (κ2) is 7.53. The van der Waals surface area contributed by atoms with E-state index < -0.39 is 16.4 Å². The van der Waals surface area contributed by atoms with Crippen LogP contribution < -0.4 is 10.9 Å². The summed E-state index contributed by atoms with van der Waals surface area (Å²) in [6.45, 7) is -0.181. The SMILES string of the molecule is O=C(Cn1cnc2cc([N+](=O)[O-])ccc2c1=O)NCCN1C(=O)CSC1=O. The molecule has 1 aliphatic rings. The Bertz CT molecular complexity index is 1000. The van der Waals surface area contributed by atoms with Crippen LogP contribution in [-0.4, -0.2) is 55.3 Å². The number of fused-ring (bicyclic) bond motifs is 1. The third kappa shape index (κ3) is 3.95. The van der Waals surface area contributed by atoms with E-state index in [0.29, 0.717) is 0 Å². The Morgan fingerprint density at radius 2 is 2.11 bits per heavy atom. The van der Waals surface area contributed by atoms with Crippen LogP contribution in [0.4, 0.5) is 10.5 Å². The minimum Gasteiger partial charge on any atom is -0.353 e. The lowest BCUT2D eigenvalue weighted by Crippen LogP contribution is -2.39. The molecule has 27 heavy (non-hydrogen) atoms. The van der Waals surface area contributed by atoms with Crippen LogP contribution in [0.5, 0.6) is 0 Å². The summed E-state index contributed by atoms with van der Waals surface area (Å²) in [7, 11) is 0. The number of amides is 3. The van der Waals surface area contributed by atoms with Gasteiger partial charge in [-0.25, -0.2) is 4.98 Å². The minimum absolute atomic E-state index is 0.0605. The number of carbonyl (C=O) groups excluding carboxylic acids is 3. The Morgan fingerprint density at radius 1 is 1.33 bits per heavy atom. The van der Waals surface area contributed by atoms with Crippen molar-refractivity contribution in [1.29, 1.82) is 0 Å². The number of carbonyl (C=O) groups is 3. The standard InChI is InChI=1S/C15H13N5O6S/c21-12(16-3-4-19-13(22)7-27-15(19)24)6-18-8-17-11-5-9(20(25)26)1-2-10(11)14(18)23/h1-2,5,8H,3-4,6-7H2,(H,16,21). The predicted octanol–water partition coefficient (Wildman–Crippen LogP) is 0.116. The molecule has 0 atom stereocenters. The molecule has 12 heteroatoms. The molecule has 0 spiro atoms. The molecule has 1 N–H and O–H groups in total. The smallest absolute Gasteiger partial charge is 0.288 e. The molecule has 1 aliphatic heterocycles. The topological polar surface area (TPSA) is 145 Å². The zero-order valence-electron chi connectivity index (χ0n) is 13.8.